The van der Waals surface area contributed by atoms with E-state index in [4.69, 9.17) is 28.6 Å². The lowest BCUT2D eigenvalue weighted by molar-refractivity contribution is -0.418. The number of primary amides is 1. The van der Waals surface area contributed by atoms with E-state index in [1.807, 2.05) is 74.5 Å². The van der Waals surface area contributed by atoms with Gasteiger partial charge in [-0.2, -0.15) is 18.1 Å². The molecule has 17 heteroatoms. The minimum absolute atomic E-state index is 0.00995. The van der Waals surface area contributed by atoms with Gasteiger partial charge in [0.05, 0.1) is 12.6 Å². The molecule has 3 aliphatic carbocycles. The second-order valence-electron chi connectivity index (χ2n) is 18.6. The summed E-state index contributed by atoms with van der Waals surface area (Å²) in [6, 6.07) is 12.7. The van der Waals surface area contributed by atoms with Crippen molar-refractivity contribution >= 4 is 55.9 Å². The van der Waals surface area contributed by atoms with Crippen LogP contribution in [-0.4, -0.2) is 94.3 Å². The number of primary sulfonamides is 1. The summed E-state index contributed by atoms with van der Waals surface area (Å²) < 4.78 is 51.1. The first kappa shape index (κ1) is 43.7. The molecule has 340 valence electrons. The number of hydrogen-bond acceptors (Lipinski definition) is 12. The number of rotatable bonds is 10. The second kappa shape index (κ2) is 17.4. The van der Waals surface area contributed by atoms with E-state index < -0.39 is 68.2 Å². The number of sulfonamides is 1. The van der Waals surface area contributed by atoms with Gasteiger partial charge in [-0.3, -0.25) is 9.59 Å². The van der Waals surface area contributed by atoms with Crippen molar-refractivity contribution in [3.63, 3.8) is 0 Å². The Bertz CT molecular complexity index is 2580. The average Bonchev–Trinajstić information content (AvgIpc) is 3.92. The van der Waals surface area contributed by atoms with Crippen LogP contribution < -0.4 is 24.8 Å². The molecule has 1 saturated heterocycles. The number of allylic oxidation sites excluding steroid dienone is 1. The fourth-order valence-electron chi connectivity index (χ4n) is 9.26. The lowest BCUT2D eigenvalue weighted by Crippen LogP contribution is -2.96. The number of benzene rings is 2. The predicted octanol–water partition coefficient (Wildman–Crippen LogP) is 5.58. The van der Waals surface area contributed by atoms with Crippen molar-refractivity contribution in [2.45, 2.75) is 145 Å². The van der Waals surface area contributed by atoms with Gasteiger partial charge in [-0.15, -0.1) is 0 Å². The van der Waals surface area contributed by atoms with E-state index in [0.29, 0.717) is 60.3 Å². The Hall–Kier alpha value is -5.55. The average molecular weight is 898 g/mol. The molecule has 0 spiro atoms. The standard InChI is InChI=1S/C47H56N6O10S/c1-28(2)60-32-21-19-29(20-22-32)40-49-38-34-16-11-12-18-37(34)63-39(38)42(50-40)61-33-25-36-41(54)51-47(44(56)52-64(58,59)46(3)23-24-46)26-30(47)13-7-5-4-6-8-17-35(43(55)53(36)27-33)48-45(57)62-31-14-9-10-15-31/h7,11-13,16,18-22,28,30-31,33,35-36H,4-6,8-10,14-15,17,23-27H2,1-3H3,(H,48,57)(H,51,54)(H,52,56)/p+1/b13-7-/t30-,33-,35+,36+,47-/m1/s1. The first-order valence-electron chi connectivity index (χ1n) is 22.7. The zero-order valence-corrected chi connectivity index (χ0v) is 37.4. The maximum absolute atomic E-state index is 14.9. The highest BCUT2D eigenvalue weighted by molar-refractivity contribution is 7.86. The summed E-state index contributed by atoms with van der Waals surface area (Å²) in [4.78, 5) is 68.2. The first-order valence-corrected chi connectivity index (χ1v) is 24.3. The molecule has 4 amide bonds. The summed E-state index contributed by atoms with van der Waals surface area (Å²) in [5.41, 5.74) is 0.568. The summed E-state index contributed by atoms with van der Waals surface area (Å²) in [6.07, 6.45) is 9.85. The molecule has 0 bridgehead atoms. The monoisotopic (exact) mass is 897 g/mol. The third-order valence-electron chi connectivity index (χ3n) is 13.4. The summed E-state index contributed by atoms with van der Waals surface area (Å²) in [6.45, 7) is 5.45. The van der Waals surface area contributed by atoms with E-state index >= 15 is 0 Å². The Morgan fingerprint density at radius 2 is 1.72 bits per heavy atom. The summed E-state index contributed by atoms with van der Waals surface area (Å²) in [7, 11) is -3.90. The molecule has 0 unspecified atom stereocenters. The molecule has 5 atom stereocenters. The highest BCUT2D eigenvalue weighted by Crippen LogP contribution is 2.46. The number of fused-ring (bicyclic) bond motifs is 5. The van der Waals surface area contributed by atoms with Gasteiger partial charge in [0, 0.05) is 23.3 Å². The maximum atomic E-state index is 14.9. The number of hydrogen-bond donors (Lipinski definition) is 3. The predicted molar refractivity (Wildman–Crippen MR) is 235 cm³/mol. The van der Waals surface area contributed by atoms with E-state index in [-0.39, 0.29) is 43.1 Å². The normalized spacial score (nSPS) is 26.7. The Kier molecular flexibility index (Phi) is 11.9. The molecule has 3 saturated carbocycles. The topological polar surface area (TPSA) is 213 Å². The molecular formula is C47H57N6O10S+. The van der Waals surface area contributed by atoms with Gasteiger partial charge >= 0.3 is 22.0 Å². The summed E-state index contributed by atoms with van der Waals surface area (Å²) >= 11 is 0. The van der Waals surface area contributed by atoms with E-state index in [0.717, 1.165) is 48.6 Å². The van der Waals surface area contributed by atoms with Gasteiger partial charge in [0.1, 0.15) is 45.9 Å². The Balaban J connectivity index is 1.05. The number of ether oxygens (including phenoxy) is 3. The van der Waals surface area contributed by atoms with E-state index in [1.165, 1.54) is 4.90 Å². The minimum Gasteiger partial charge on any atom is -0.491 e. The largest absolute Gasteiger partial charge is 0.491 e. The SMILES string of the molecule is CC(C)Oc1ccc(-c2nc(O[C@@H]3C[C@H]4C(=O)N[C@]5(C(=O)[NH2+]S(=O)(=O)C6(C)CC6)C[C@H]5/C=C\CCCCC[C@H](NC(=O)OC5CCCC5)C(=O)N4C3)c3oc4ccccc4c3n2)cc1. The second-order valence-corrected chi connectivity index (χ2v) is 20.9. The van der Waals surface area contributed by atoms with Gasteiger partial charge in [0.15, 0.2) is 11.4 Å². The van der Waals surface area contributed by atoms with Crippen molar-refractivity contribution in [2.24, 2.45) is 5.92 Å². The van der Waals surface area contributed by atoms with Crippen LogP contribution in [0.1, 0.15) is 104 Å². The van der Waals surface area contributed by atoms with Gasteiger partial charge in [0.25, 0.3) is 5.88 Å². The van der Waals surface area contributed by atoms with Crippen molar-refractivity contribution in [2.75, 3.05) is 6.54 Å². The molecule has 4 fully saturated rings. The van der Waals surface area contributed by atoms with Crippen molar-refractivity contribution in [3.8, 4) is 23.0 Å². The van der Waals surface area contributed by atoms with Crippen molar-refractivity contribution in [1.29, 1.82) is 0 Å². The summed E-state index contributed by atoms with van der Waals surface area (Å²) in [5.74, 6) is -1.08. The fourth-order valence-corrected chi connectivity index (χ4v) is 10.7. The molecule has 16 nitrogen and oxygen atoms in total. The quantitative estimate of drug-likeness (QED) is 0.167. The fraction of sp³-hybridized carbons (Fsp3) is 0.532. The number of alkyl carbamates (subject to hydrolysis) is 1. The van der Waals surface area contributed by atoms with Gasteiger partial charge in [0.2, 0.25) is 17.4 Å². The van der Waals surface area contributed by atoms with Crippen LogP contribution in [0.15, 0.2) is 65.1 Å². The maximum Gasteiger partial charge on any atom is 0.408 e. The lowest BCUT2D eigenvalue weighted by Gasteiger charge is -2.29. The molecule has 2 aromatic carbocycles. The van der Waals surface area contributed by atoms with E-state index in [9.17, 15) is 27.6 Å². The molecule has 4 aromatic rings. The van der Waals surface area contributed by atoms with Crippen LogP contribution >= 0.6 is 0 Å². The number of nitrogens with two attached hydrogens (primary N) is 1. The molecule has 2 aromatic heterocycles. The van der Waals surface area contributed by atoms with Gasteiger partial charge in [-0.05, 0) is 121 Å². The number of aromatic nitrogens is 2. The molecule has 64 heavy (non-hydrogen) atoms. The van der Waals surface area contributed by atoms with Crippen LogP contribution in [0.4, 0.5) is 4.79 Å². The minimum atomic E-state index is -3.90. The zero-order valence-electron chi connectivity index (χ0n) is 36.5. The van der Waals surface area contributed by atoms with Gasteiger partial charge in [-0.25, -0.2) is 14.6 Å². The Morgan fingerprint density at radius 1 is 0.969 bits per heavy atom. The number of nitrogens with one attached hydrogen (secondary N) is 2. The van der Waals surface area contributed by atoms with E-state index in [1.54, 1.807) is 6.92 Å². The third-order valence-corrected chi connectivity index (χ3v) is 15.7. The molecule has 4 N–H and O–H groups in total. The van der Waals surface area contributed by atoms with Crippen LogP contribution in [0, 0.1) is 5.92 Å². The van der Waals surface area contributed by atoms with Gasteiger partial charge in [-0.1, -0.05) is 37.1 Å². The third kappa shape index (κ3) is 8.93. The number of furan rings is 1. The molecule has 9 rings (SSSR count). The molecule has 5 aliphatic rings. The van der Waals surface area contributed by atoms with Crippen LogP contribution in [0.5, 0.6) is 11.6 Å². The van der Waals surface area contributed by atoms with Crippen LogP contribution in [-0.2, 0) is 29.1 Å². The molecule has 2 aliphatic heterocycles. The van der Waals surface area contributed by atoms with Crippen molar-refractivity contribution < 1.29 is 50.9 Å². The van der Waals surface area contributed by atoms with Gasteiger partial charge < -0.3 is 34.2 Å². The lowest BCUT2D eigenvalue weighted by atomic mass is 10.0. The van der Waals surface area contributed by atoms with Crippen molar-refractivity contribution in [1.82, 2.24) is 25.5 Å². The Labute approximate surface area is 372 Å². The van der Waals surface area contributed by atoms with E-state index in [2.05, 4.69) is 10.6 Å². The highest BCUT2D eigenvalue weighted by atomic mass is 32.2. The highest BCUT2D eigenvalue weighted by Gasteiger charge is 2.66. The number of nitrogens with zero attached hydrogens (tertiary/aromatic N) is 3. The van der Waals surface area contributed by atoms with Crippen molar-refractivity contribution in [3.05, 3.63) is 60.7 Å². The number of quaternary nitrogens is 1. The van der Waals surface area contributed by atoms with Crippen LogP contribution in [0.3, 0.4) is 0 Å². The smallest absolute Gasteiger partial charge is 0.408 e. The molecular weight excluding hydrogens is 841 g/mol. The number of amides is 4. The first-order chi connectivity index (χ1) is 30.7. The molecule has 0 radical (unpaired) electrons. The number of carbonyl (C=O) groups is 4. The number of carbonyl (C=O) groups excluding carboxylic acids is 4. The Morgan fingerprint density at radius 3 is 2.47 bits per heavy atom. The number of para-hydroxylation sites is 1. The van der Waals surface area contributed by atoms with Crippen LogP contribution in [0.2, 0.25) is 0 Å². The summed E-state index contributed by atoms with van der Waals surface area (Å²) in [5, 5.41) is 6.54. The zero-order chi connectivity index (χ0) is 44.8. The molecule has 4 heterocycles. The van der Waals surface area contributed by atoms with Crippen LogP contribution in [0.25, 0.3) is 33.5 Å².